The van der Waals surface area contributed by atoms with E-state index in [0.29, 0.717) is 65.5 Å². The minimum Gasteiger partial charge on any atom is -0.408 e. The van der Waals surface area contributed by atoms with E-state index in [9.17, 15) is 18.8 Å². The van der Waals surface area contributed by atoms with E-state index in [1.807, 2.05) is 0 Å². The number of aromatic amines is 1. The Hall–Kier alpha value is -3.62. The van der Waals surface area contributed by atoms with E-state index in [1.165, 1.54) is 25.1 Å². The van der Waals surface area contributed by atoms with Crippen LogP contribution in [0.2, 0.25) is 0 Å². The molecule has 2 aliphatic heterocycles. The number of ether oxygens (including phenoxy) is 1. The van der Waals surface area contributed by atoms with Crippen LogP contribution in [0.15, 0.2) is 18.2 Å². The quantitative estimate of drug-likeness (QED) is 0.637. The highest BCUT2D eigenvalue weighted by atomic mass is 19.1. The number of piperidine rings is 1. The smallest absolute Gasteiger partial charge is 0.408 e. The van der Waals surface area contributed by atoms with Crippen LogP contribution >= 0.6 is 0 Å². The molecule has 1 saturated heterocycles. The number of halogens is 1. The van der Waals surface area contributed by atoms with Crippen LogP contribution in [0.25, 0.3) is 11.6 Å². The molecule has 1 fully saturated rings. The van der Waals surface area contributed by atoms with Gasteiger partial charge in [0, 0.05) is 48.6 Å². The van der Waals surface area contributed by atoms with Crippen molar-refractivity contribution in [3.05, 3.63) is 46.5 Å². The zero-order chi connectivity index (χ0) is 23.0. The average Bonchev–Trinajstić information content (AvgIpc) is 3.19. The molecule has 32 heavy (non-hydrogen) atoms. The molecule has 9 heteroatoms. The van der Waals surface area contributed by atoms with Crippen molar-refractivity contribution >= 4 is 35.2 Å². The van der Waals surface area contributed by atoms with Crippen LogP contribution in [-0.4, -0.2) is 46.9 Å². The average molecular weight is 440 g/mol. The number of carbonyl (C=O) groups is 3. The van der Waals surface area contributed by atoms with Crippen LogP contribution in [0.4, 0.5) is 14.9 Å². The maximum absolute atomic E-state index is 13.7. The van der Waals surface area contributed by atoms with Gasteiger partial charge >= 0.3 is 6.09 Å². The maximum atomic E-state index is 13.7. The molecule has 1 aromatic carbocycles. The van der Waals surface area contributed by atoms with Gasteiger partial charge < -0.3 is 25.3 Å². The minimum atomic E-state index is -0.568. The molecule has 0 spiro atoms. The molecule has 1 aromatic heterocycles. The second kappa shape index (κ2) is 8.49. The number of likely N-dealkylation sites (tertiary alicyclic amines) is 1. The Kier molecular flexibility index (Phi) is 5.73. The van der Waals surface area contributed by atoms with Gasteiger partial charge in [-0.2, -0.15) is 0 Å². The predicted octanol–water partition coefficient (Wildman–Crippen LogP) is 3.36. The van der Waals surface area contributed by atoms with Gasteiger partial charge in [0.15, 0.2) is 5.75 Å². The number of nitrogens with one attached hydrogen (secondary N) is 3. The first kappa shape index (κ1) is 21.6. The summed E-state index contributed by atoms with van der Waals surface area (Å²) in [5, 5.41) is 5.57. The highest BCUT2D eigenvalue weighted by Gasteiger charge is 2.27. The molecule has 0 saturated carbocycles. The van der Waals surface area contributed by atoms with Gasteiger partial charge in [0.05, 0.1) is 11.3 Å². The zero-order valence-electron chi connectivity index (χ0n) is 18.2. The fourth-order valence-corrected chi connectivity index (χ4v) is 4.13. The molecular weight excluding hydrogens is 415 g/mol. The summed E-state index contributed by atoms with van der Waals surface area (Å²) in [4.78, 5) is 41.2. The van der Waals surface area contributed by atoms with Gasteiger partial charge in [-0.1, -0.05) is 0 Å². The molecule has 8 nitrogen and oxygen atoms in total. The number of aromatic nitrogens is 1. The van der Waals surface area contributed by atoms with Crippen molar-refractivity contribution in [2.24, 2.45) is 0 Å². The highest BCUT2D eigenvalue weighted by Crippen LogP contribution is 2.35. The van der Waals surface area contributed by atoms with Crippen LogP contribution < -0.4 is 15.4 Å². The molecule has 3 amide bonds. The number of hydrogen-bond donors (Lipinski definition) is 3. The summed E-state index contributed by atoms with van der Waals surface area (Å²) in [6.45, 7) is 6.29. The van der Waals surface area contributed by atoms with Gasteiger partial charge in [0.25, 0.3) is 5.91 Å². The second-order valence-electron chi connectivity index (χ2n) is 8.13. The molecule has 168 valence electrons. The van der Waals surface area contributed by atoms with Crippen molar-refractivity contribution in [2.45, 2.75) is 39.7 Å². The maximum Gasteiger partial charge on any atom is 0.412 e. The lowest BCUT2D eigenvalue weighted by Gasteiger charge is -2.31. The van der Waals surface area contributed by atoms with Crippen molar-refractivity contribution in [2.75, 3.05) is 18.4 Å². The van der Waals surface area contributed by atoms with E-state index in [4.69, 9.17) is 4.74 Å². The van der Waals surface area contributed by atoms with Crippen molar-refractivity contribution in [1.29, 1.82) is 0 Å². The number of rotatable bonds is 3. The van der Waals surface area contributed by atoms with E-state index >= 15 is 0 Å². The lowest BCUT2D eigenvalue weighted by atomic mass is 10.0. The Balaban J connectivity index is 1.48. The van der Waals surface area contributed by atoms with Gasteiger partial charge in [-0.3, -0.25) is 9.59 Å². The second-order valence-corrected chi connectivity index (χ2v) is 8.13. The number of benzene rings is 1. The zero-order valence-corrected chi connectivity index (χ0v) is 18.2. The normalized spacial score (nSPS) is 17.3. The van der Waals surface area contributed by atoms with Gasteiger partial charge in [-0.15, -0.1) is 0 Å². The first-order valence-corrected chi connectivity index (χ1v) is 10.5. The van der Waals surface area contributed by atoms with Crippen molar-refractivity contribution in [3.63, 3.8) is 0 Å². The van der Waals surface area contributed by atoms with Crippen molar-refractivity contribution in [1.82, 2.24) is 15.2 Å². The summed E-state index contributed by atoms with van der Waals surface area (Å²) in [5.41, 5.74) is 3.26. The fourth-order valence-electron chi connectivity index (χ4n) is 4.13. The first-order valence-electron chi connectivity index (χ1n) is 10.5. The molecule has 0 aliphatic carbocycles. The molecule has 0 unspecified atom stereocenters. The molecule has 0 radical (unpaired) electrons. The fraction of sp³-hybridized carbons (Fsp3) is 0.348. The summed E-state index contributed by atoms with van der Waals surface area (Å²) in [6, 6.07) is 4.07. The Morgan fingerprint density at radius 3 is 2.66 bits per heavy atom. The number of hydrogen-bond acceptors (Lipinski definition) is 4. The lowest BCUT2D eigenvalue weighted by Crippen LogP contribution is -2.46. The van der Waals surface area contributed by atoms with Crippen LogP contribution in [-0.2, 0) is 9.59 Å². The van der Waals surface area contributed by atoms with E-state index in [2.05, 4.69) is 15.6 Å². The number of aryl methyl sites for hydroxylation is 1. The Morgan fingerprint density at radius 1 is 1.25 bits per heavy atom. The summed E-state index contributed by atoms with van der Waals surface area (Å²) >= 11 is 0. The predicted molar refractivity (Wildman–Crippen MR) is 118 cm³/mol. The van der Waals surface area contributed by atoms with E-state index in [1.54, 1.807) is 24.8 Å². The third-order valence-corrected chi connectivity index (χ3v) is 5.92. The highest BCUT2D eigenvalue weighted by molar-refractivity contribution is 6.34. The Bertz CT molecular complexity index is 1130. The summed E-state index contributed by atoms with van der Waals surface area (Å²) in [5.74, 6) is -0.337. The number of carbonyl (C=O) groups excluding carboxylic acids is 3. The molecule has 3 N–H and O–H groups in total. The molecule has 0 atom stereocenters. The summed E-state index contributed by atoms with van der Waals surface area (Å²) < 4.78 is 19.2. The molecule has 2 aromatic rings. The molecular formula is C23H25FN4O4. The minimum absolute atomic E-state index is 0.0348. The molecule has 2 aliphatic rings. The van der Waals surface area contributed by atoms with Crippen LogP contribution in [0.1, 0.15) is 42.3 Å². The SMILES string of the molecule is CC(=O)N1CCC(NC(=O)Oc2c(C)[nH]c(/C=C3\C(=O)Nc4ccc(F)cc43)c2C)CC1. The number of anilines is 1. The molecule has 4 rings (SSSR count). The van der Waals surface area contributed by atoms with Gasteiger partial charge in [-0.25, -0.2) is 9.18 Å². The van der Waals surface area contributed by atoms with Gasteiger partial charge in [0.2, 0.25) is 5.91 Å². The number of amides is 3. The largest absolute Gasteiger partial charge is 0.412 e. The monoisotopic (exact) mass is 440 g/mol. The van der Waals surface area contributed by atoms with Crippen LogP contribution in [0, 0.1) is 19.7 Å². The van der Waals surface area contributed by atoms with Gasteiger partial charge in [-0.05, 0) is 51.0 Å². The third-order valence-electron chi connectivity index (χ3n) is 5.92. The summed E-state index contributed by atoms with van der Waals surface area (Å²) in [7, 11) is 0. The number of fused-ring (bicyclic) bond motifs is 1. The third kappa shape index (κ3) is 4.23. The van der Waals surface area contributed by atoms with Crippen LogP contribution in [0.3, 0.4) is 0 Å². The van der Waals surface area contributed by atoms with E-state index in [0.717, 1.165) is 0 Å². The Morgan fingerprint density at radius 2 is 1.97 bits per heavy atom. The first-order chi connectivity index (χ1) is 15.2. The van der Waals surface area contributed by atoms with Crippen LogP contribution in [0.5, 0.6) is 5.75 Å². The number of nitrogens with zero attached hydrogens (tertiary/aromatic N) is 1. The topological polar surface area (TPSA) is 104 Å². The summed E-state index contributed by atoms with van der Waals surface area (Å²) in [6.07, 6.45) is 2.40. The molecule has 0 bridgehead atoms. The number of H-pyrrole nitrogens is 1. The lowest BCUT2D eigenvalue weighted by molar-refractivity contribution is -0.129. The van der Waals surface area contributed by atoms with E-state index < -0.39 is 11.9 Å². The van der Waals surface area contributed by atoms with Crippen molar-refractivity contribution in [3.8, 4) is 5.75 Å². The van der Waals surface area contributed by atoms with Crippen molar-refractivity contribution < 1.29 is 23.5 Å². The van der Waals surface area contributed by atoms with E-state index in [-0.39, 0.29) is 17.9 Å². The van der Waals surface area contributed by atoms with Gasteiger partial charge in [0.1, 0.15) is 5.82 Å². The Labute approximate surface area is 184 Å². The molecule has 3 heterocycles. The standard InChI is InChI=1S/C23H25FN4O4/c1-12-20(11-18-17-10-15(24)4-5-19(17)27-22(18)30)25-13(2)21(12)32-23(31)26-16-6-8-28(9-7-16)14(3)29/h4-5,10-11,16,25H,6-9H2,1-3H3,(H,26,31)(H,27,30)/b18-11-.